The molecule has 0 bridgehead atoms. The predicted octanol–water partition coefficient (Wildman–Crippen LogP) is 0.358. The molecule has 1 aromatic heterocycles. The van der Waals surface area contributed by atoms with Crippen molar-refractivity contribution >= 4 is 11.9 Å². The maximum Gasteiger partial charge on any atom is 0.305 e. The van der Waals surface area contributed by atoms with Gasteiger partial charge in [-0.05, 0) is 24.8 Å². The van der Waals surface area contributed by atoms with Gasteiger partial charge in [0.1, 0.15) is 0 Å². The summed E-state index contributed by atoms with van der Waals surface area (Å²) in [6.07, 6.45) is 3.15. The van der Waals surface area contributed by atoms with E-state index in [1.165, 1.54) is 18.3 Å². The second-order valence-corrected chi connectivity index (χ2v) is 4.46. The van der Waals surface area contributed by atoms with E-state index in [1.54, 1.807) is 0 Å². The van der Waals surface area contributed by atoms with Gasteiger partial charge in [-0.1, -0.05) is 0 Å². The van der Waals surface area contributed by atoms with E-state index in [9.17, 15) is 14.4 Å². The molecule has 1 heterocycles. The fraction of sp³-hybridized carbons (Fsp3) is 0.417. The number of hydrogen-bond donors (Lipinski definition) is 3. The maximum atomic E-state index is 11.9. The van der Waals surface area contributed by atoms with Crippen LogP contribution in [0.4, 0.5) is 0 Å². The highest BCUT2D eigenvalue weighted by Gasteiger charge is 2.33. The average molecular weight is 250 g/mol. The van der Waals surface area contributed by atoms with Gasteiger partial charge in [-0.3, -0.25) is 14.4 Å². The first-order valence-corrected chi connectivity index (χ1v) is 5.77. The first-order valence-electron chi connectivity index (χ1n) is 5.77. The highest BCUT2D eigenvalue weighted by atomic mass is 16.4. The van der Waals surface area contributed by atoms with E-state index in [2.05, 4.69) is 10.3 Å². The number of rotatable bonds is 5. The Hall–Kier alpha value is -2.11. The van der Waals surface area contributed by atoms with Crippen molar-refractivity contribution in [2.45, 2.75) is 25.3 Å². The van der Waals surface area contributed by atoms with Crippen LogP contribution in [0, 0.1) is 5.92 Å². The van der Waals surface area contributed by atoms with Crippen LogP contribution in [0.2, 0.25) is 0 Å². The van der Waals surface area contributed by atoms with E-state index in [1.807, 2.05) is 0 Å². The Bertz CT molecular complexity index is 499. The summed E-state index contributed by atoms with van der Waals surface area (Å²) in [5, 5.41) is 11.5. The summed E-state index contributed by atoms with van der Waals surface area (Å²) < 4.78 is 0. The molecule has 0 radical (unpaired) electrons. The summed E-state index contributed by atoms with van der Waals surface area (Å²) in [6.45, 7) is 0. The molecule has 18 heavy (non-hydrogen) atoms. The molecule has 0 spiro atoms. The summed E-state index contributed by atoms with van der Waals surface area (Å²) >= 11 is 0. The molecule has 1 saturated carbocycles. The van der Waals surface area contributed by atoms with Gasteiger partial charge < -0.3 is 15.4 Å². The van der Waals surface area contributed by atoms with Gasteiger partial charge in [0.15, 0.2) is 0 Å². The first kappa shape index (κ1) is 12.3. The number of aromatic amines is 1. The minimum Gasteiger partial charge on any atom is -0.481 e. The molecule has 6 nitrogen and oxygen atoms in total. The first-order chi connectivity index (χ1) is 8.56. The number of pyridine rings is 1. The molecule has 96 valence electrons. The largest absolute Gasteiger partial charge is 0.481 e. The number of amides is 1. The second-order valence-electron chi connectivity index (χ2n) is 4.46. The van der Waals surface area contributed by atoms with Gasteiger partial charge in [-0.2, -0.15) is 0 Å². The van der Waals surface area contributed by atoms with Crippen LogP contribution in [0.15, 0.2) is 23.1 Å². The van der Waals surface area contributed by atoms with E-state index in [0.29, 0.717) is 5.56 Å². The molecule has 0 aliphatic heterocycles. The Balaban J connectivity index is 2.02. The van der Waals surface area contributed by atoms with Crippen LogP contribution in [0.5, 0.6) is 0 Å². The van der Waals surface area contributed by atoms with Crippen molar-refractivity contribution in [2.75, 3.05) is 0 Å². The molecule has 1 fully saturated rings. The predicted molar refractivity (Wildman–Crippen MR) is 63.3 cm³/mol. The Morgan fingerprint density at radius 2 is 2.17 bits per heavy atom. The molecule has 1 atom stereocenters. The molecule has 3 N–H and O–H groups in total. The molecule has 2 rings (SSSR count). The molecular weight excluding hydrogens is 236 g/mol. The van der Waals surface area contributed by atoms with Gasteiger partial charge in [0.2, 0.25) is 5.56 Å². The fourth-order valence-corrected chi connectivity index (χ4v) is 1.83. The summed E-state index contributed by atoms with van der Waals surface area (Å²) in [5.41, 5.74) is 0.0430. The number of carboxylic acids is 1. The second kappa shape index (κ2) is 5.03. The van der Waals surface area contributed by atoms with Gasteiger partial charge in [0.05, 0.1) is 12.0 Å². The van der Waals surface area contributed by atoms with Gasteiger partial charge in [-0.15, -0.1) is 0 Å². The van der Waals surface area contributed by atoms with Crippen molar-refractivity contribution in [2.24, 2.45) is 5.92 Å². The highest BCUT2D eigenvalue weighted by molar-refractivity contribution is 5.94. The lowest BCUT2D eigenvalue weighted by atomic mass is 10.1. The van der Waals surface area contributed by atoms with E-state index in [4.69, 9.17) is 5.11 Å². The van der Waals surface area contributed by atoms with Crippen LogP contribution in [0.1, 0.15) is 29.6 Å². The van der Waals surface area contributed by atoms with E-state index in [0.717, 1.165) is 12.8 Å². The summed E-state index contributed by atoms with van der Waals surface area (Å²) in [7, 11) is 0. The Kier molecular flexibility index (Phi) is 3.45. The minimum absolute atomic E-state index is 0.0697. The monoisotopic (exact) mass is 250 g/mol. The van der Waals surface area contributed by atoms with Crippen molar-refractivity contribution in [1.82, 2.24) is 10.3 Å². The lowest BCUT2D eigenvalue weighted by Crippen LogP contribution is -2.38. The van der Waals surface area contributed by atoms with Gasteiger partial charge in [-0.25, -0.2) is 0 Å². The number of carboxylic acid groups (broad SMARTS) is 1. The van der Waals surface area contributed by atoms with Crippen LogP contribution in [0.3, 0.4) is 0 Å². The minimum atomic E-state index is -0.923. The smallest absolute Gasteiger partial charge is 0.305 e. The normalized spacial score (nSPS) is 16.0. The number of nitrogens with one attached hydrogen (secondary N) is 2. The molecule has 1 amide bonds. The Morgan fingerprint density at radius 3 is 2.67 bits per heavy atom. The quantitative estimate of drug-likeness (QED) is 0.702. The molecule has 6 heteroatoms. The lowest BCUT2D eigenvalue weighted by Gasteiger charge is -2.15. The highest BCUT2D eigenvalue weighted by Crippen LogP contribution is 2.34. The van der Waals surface area contributed by atoms with Gasteiger partial charge in [0, 0.05) is 18.3 Å². The summed E-state index contributed by atoms with van der Waals surface area (Å²) in [4.78, 5) is 35.8. The summed E-state index contributed by atoms with van der Waals surface area (Å²) in [6, 6.07) is 2.35. The molecule has 0 saturated heterocycles. The molecule has 1 aliphatic carbocycles. The van der Waals surface area contributed by atoms with Crippen molar-refractivity contribution in [3.05, 3.63) is 34.2 Å². The van der Waals surface area contributed by atoms with Gasteiger partial charge >= 0.3 is 5.97 Å². The van der Waals surface area contributed by atoms with Crippen molar-refractivity contribution in [3.8, 4) is 0 Å². The van der Waals surface area contributed by atoms with Crippen LogP contribution in [-0.4, -0.2) is 28.0 Å². The third-order valence-corrected chi connectivity index (χ3v) is 2.95. The van der Waals surface area contributed by atoms with E-state index >= 15 is 0 Å². The number of aliphatic carboxylic acids is 1. The fourth-order valence-electron chi connectivity index (χ4n) is 1.83. The van der Waals surface area contributed by atoms with Crippen LogP contribution in [0.25, 0.3) is 0 Å². The third kappa shape index (κ3) is 3.19. The zero-order valence-corrected chi connectivity index (χ0v) is 9.68. The van der Waals surface area contributed by atoms with Crippen LogP contribution >= 0.6 is 0 Å². The number of H-pyrrole nitrogens is 1. The topological polar surface area (TPSA) is 99.3 Å². The lowest BCUT2D eigenvalue weighted by molar-refractivity contribution is -0.137. The van der Waals surface area contributed by atoms with Gasteiger partial charge in [0.25, 0.3) is 5.91 Å². The average Bonchev–Trinajstić information content (AvgIpc) is 3.12. The maximum absolute atomic E-state index is 11.9. The molecule has 1 unspecified atom stereocenters. The van der Waals surface area contributed by atoms with Crippen LogP contribution < -0.4 is 10.9 Å². The number of hydrogen-bond acceptors (Lipinski definition) is 3. The zero-order chi connectivity index (χ0) is 13.1. The summed E-state index contributed by atoms with van der Waals surface area (Å²) in [5.74, 6) is -1.02. The molecule has 1 aliphatic rings. The standard InChI is InChI=1S/C12H14N2O4/c15-10-4-3-8(6-13-10)12(18)14-9(5-11(16)17)7-1-2-7/h3-4,6-7,9H,1-2,5H2,(H,13,15)(H,14,18)(H,16,17). The Labute approximate surface area is 103 Å². The van der Waals surface area contributed by atoms with Crippen molar-refractivity contribution in [3.63, 3.8) is 0 Å². The zero-order valence-electron chi connectivity index (χ0n) is 9.68. The number of carbonyl (C=O) groups is 2. The molecular formula is C12H14N2O4. The van der Waals surface area contributed by atoms with Crippen LogP contribution in [-0.2, 0) is 4.79 Å². The Morgan fingerprint density at radius 1 is 1.44 bits per heavy atom. The van der Waals surface area contributed by atoms with Crippen molar-refractivity contribution < 1.29 is 14.7 Å². The molecule has 1 aromatic rings. The van der Waals surface area contributed by atoms with Crippen molar-refractivity contribution in [1.29, 1.82) is 0 Å². The number of aromatic nitrogens is 1. The SMILES string of the molecule is O=C(O)CC(NC(=O)c1ccc(=O)[nH]c1)C1CC1. The molecule has 0 aromatic carbocycles. The van der Waals surface area contributed by atoms with E-state index < -0.39 is 5.97 Å². The van der Waals surface area contributed by atoms with E-state index in [-0.39, 0.29) is 29.8 Å². The third-order valence-electron chi connectivity index (χ3n) is 2.95. The number of carbonyl (C=O) groups excluding carboxylic acids is 1.